The van der Waals surface area contributed by atoms with Gasteiger partial charge in [0.05, 0.1) is 0 Å². The first-order valence-corrected chi connectivity index (χ1v) is 7.27. The maximum atomic E-state index is 5.75. The fourth-order valence-corrected chi connectivity index (χ4v) is 3.90. The SMILES string of the molecule is NC(=S)c1ccccc1NCC1CC2CCC1C2. The molecule has 3 atom stereocenters. The van der Waals surface area contributed by atoms with E-state index in [1.54, 1.807) is 0 Å². The van der Waals surface area contributed by atoms with Gasteiger partial charge in [-0.3, -0.25) is 0 Å². The predicted molar refractivity (Wildman–Crippen MR) is 79.8 cm³/mol. The molecule has 0 heterocycles. The highest BCUT2D eigenvalue weighted by Crippen LogP contribution is 2.48. The average molecular weight is 260 g/mol. The summed E-state index contributed by atoms with van der Waals surface area (Å²) in [6.07, 6.45) is 5.77. The van der Waals surface area contributed by atoms with Crippen LogP contribution in [0.25, 0.3) is 0 Å². The maximum Gasteiger partial charge on any atom is 0.106 e. The second kappa shape index (κ2) is 4.88. The highest BCUT2D eigenvalue weighted by atomic mass is 32.1. The van der Waals surface area contributed by atoms with Crippen molar-refractivity contribution in [2.24, 2.45) is 23.5 Å². The summed E-state index contributed by atoms with van der Waals surface area (Å²) >= 11 is 5.09. The van der Waals surface area contributed by atoms with Gasteiger partial charge in [-0.2, -0.15) is 0 Å². The lowest BCUT2D eigenvalue weighted by Gasteiger charge is -2.23. The normalized spacial score (nSPS) is 29.4. The lowest BCUT2D eigenvalue weighted by atomic mass is 9.89. The minimum absolute atomic E-state index is 0.478. The minimum atomic E-state index is 0.478. The zero-order valence-electron chi connectivity index (χ0n) is 10.6. The summed E-state index contributed by atoms with van der Waals surface area (Å²) in [6, 6.07) is 8.08. The Hall–Kier alpha value is -1.09. The van der Waals surface area contributed by atoms with E-state index in [0.717, 1.165) is 35.5 Å². The standard InChI is InChI=1S/C15H20N2S/c16-15(18)13-3-1-2-4-14(13)17-9-12-8-10-5-6-11(12)7-10/h1-4,10-12,17H,5-9H2,(H2,16,18). The molecular formula is C15H20N2S. The monoisotopic (exact) mass is 260 g/mol. The van der Waals surface area contributed by atoms with Crippen LogP contribution in [-0.4, -0.2) is 11.5 Å². The van der Waals surface area contributed by atoms with Crippen molar-refractivity contribution in [3.63, 3.8) is 0 Å². The Morgan fingerprint density at radius 2 is 2.11 bits per heavy atom. The van der Waals surface area contributed by atoms with Gasteiger partial charge in [0, 0.05) is 17.8 Å². The number of hydrogen-bond donors (Lipinski definition) is 2. The van der Waals surface area contributed by atoms with E-state index in [9.17, 15) is 0 Å². The smallest absolute Gasteiger partial charge is 0.106 e. The first kappa shape index (κ1) is 12.0. The molecule has 3 heteroatoms. The summed E-state index contributed by atoms with van der Waals surface area (Å²) < 4.78 is 0. The van der Waals surface area contributed by atoms with Gasteiger partial charge in [-0.25, -0.2) is 0 Å². The molecule has 1 aromatic carbocycles. The molecule has 2 fully saturated rings. The van der Waals surface area contributed by atoms with E-state index < -0.39 is 0 Å². The van der Waals surface area contributed by atoms with Gasteiger partial charge in [0.2, 0.25) is 0 Å². The Labute approximate surface area is 114 Å². The number of anilines is 1. The number of nitrogens with one attached hydrogen (secondary N) is 1. The molecule has 2 bridgehead atoms. The van der Waals surface area contributed by atoms with Gasteiger partial charge in [0.25, 0.3) is 0 Å². The van der Waals surface area contributed by atoms with E-state index in [1.165, 1.54) is 25.7 Å². The molecule has 0 aliphatic heterocycles. The zero-order valence-corrected chi connectivity index (χ0v) is 11.4. The molecule has 0 aromatic heterocycles. The lowest BCUT2D eigenvalue weighted by molar-refractivity contribution is 0.348. The second-order valence-electron chi connectivity index (χ2n) is 5.73. The van der Waals surface area contributed by atoms with Crippen molar-refractivity contribution in [2.45, 2.75) is 25.7 Å². The summed E-state index contributed by atoms with van der Waals surface area (Å²) in [5.41, 5.74) is 7.81. The largest absolute Gasteiger partial charge is 0.389 e. The number of fused-ring (bicyclic) bond motifs is 2. The third-order valence-electron chi connectivity index (χ3n) is 4.63. The van der Waals surface area contributed by atoms with Crippen LogP contribution in [0.15, 0.2) is 24.3 Å². The van der Waals surface area contributed by atoms with Crippen LogP contribution in [0.1, 0.15) is 31.2 Å². The van der Waals surface area contributed by atoms with E-state index in [1.807, 2.05) is 18.2 Å². The predicted octanol–water partition coefficient (Wildman–Crippen LogP) is 3.17. The molecule has 0 radical (unpaired) electrons. The number of hydrogen-bond acceptors (Lipinski definition) is 2. The summed E-state index contributed by atoms with van der Waals surface area (Å²) in [6.45, 7) is 1.07. The molecule has 3 unspecified atom stereocenters. The van der Waals surface area contributed by atoms with Gasteiger partial charge in [0.1, 0.15) is 4.99 Å². The van der Waals surface area contributed by atoms with Crippen LogP contribution in [0.3, 0.4) is 0 Å². The third kappa shape index (κ3) is 2.24. The van der Waals surface area contributed by atoms with E-state index in [0.29, 0.717) is 4.99 Å². The van der Waals surface area contributed by atoms with Crippen LogP contribution in [0.2, 0.25) is 0 Å². The Kier molecular flexibility index (Phi) is 3.25. The molecule has 2 nitrogen and oxygen atoms in total. The van der Waals surface area contributed by atoms with Crippen LogP contribution in [0, 0.1) is 17.8 Å². The number of benzene rings is 1. The first-order valence-electron chi connectivity index (χ1n) is 6.86. The minimum Gasteiger partial charge on any atom is -0.389 e. The maximum absolute atomic E-state index is 5.75. The van der Waals surface area contributed by atoms with Crippen molar-refractivity contribution in [3.8, 4) is 0 Å². The highest BCUT2D eigenvalue weighted by molar-refractivity contribution is 7.80. The van der Waals surface area contributed by atoms with Crippen LogP contribution in [-0.2, 0) is 0 Å². The molecule has 18 heavy (non-hydrogen) atoms. The Bertz CT molecular complexity index is 458. The van der Waals surface area contributed by atoms with Crippen LogP contribution in [0.5, 0.6) is 0 Å². The van der Waals surface area contributed by atoms with Gasteiger partial charge in [-0.05, 0) is 49.1 Å². The van der Waals surface area contributed by atoms with Gasteiger partial charge in [-0.1, -0.05) is 30.8 Å². The summed E-state index contributed by atoms with van der Waals surface area (Å²) in [5, 5.41) is 3.55. The van der Waals surface area contributed by atoms with Crippen molar-refractivity contribution in [1.82, 2.24) is 0 Å². The summed E-state index contributed by atoms with van der Waals surface area (Å²) in [5.74, 6) is 2.82. The lowest BCUT2D eigenvalue weighted by Crippen LogP contribution is -2.21. The van der Waals surface area contributed by atoms with Crippen molar-refractivity contribution in [1.29, 1.82) is 0 Å². The van der Waals surface area contributed by atoms with Crippen molar-refractivity contribution in [3.05, 3.63) is 29.8 Å². The Morgan fingerprint density at radius 1 is 1.28 bits per heavy atom. The Morgan fingerprint density at radius 3 is 2.78 bits per heavy atom. The first-order chi connectivity index (χ1) is 8.74. The van der Waals surface area contributed by atoms with E-state index in [-0.39, 0.29) is 0 Å². The van der Waals surface area contributed by atoms with Crippen molar-refractivity contribution < 1.29 is 0 Å². The van der Waals surface area contributed by atoms with E-state index in [4.69, 9.17) is 18.0 Å². The molecule has 0 saturated heterocycles. The van der Waals surface area contributed by atoms with Crippen molar-refractivity contribution >= 4 is 22.9 Å². The van der Waals surface area contributed by atoms with Gasteiger partial charge < -0.3 is 11.1 Å². The van der Waals surface area contributed by atoms with Crippen molar-refractivity contribution in [2.75, 3.05) is 11.9 Å². The molecule has 2 aliphatic rings. The quantitative estimate of drug-likeness (QED) is 0.817. The molecule has 0 spiro atoms. The zero-order chi connectivity index (χ0) is 12.5. The van der Waals surface area contributed by atoms with Crippen LogP contribution in [0.4, 0.5) is 5.69 Å². The molecule has 0 amide bonds. The molecule has 2 aliphatic carbocycles. The highest BCUT2D eigenvalue weighted by Gasteiger charge is 2.39. The molecule has 3 N–H and O–H groups in total. The molecular weight excluding hydrogens is 240 g/mol. The van der Waals surface area contributed by atoms with Crippen LogP contribution >= 0.6 is 12.2 Å². The number of para-hydroxylation sites is 1. The average Bonchev–Trinajstić information content (AvgIpc) is 2.98. The van der Waals surface area contributed by atoms with Gasteiger partial charge >= 0.3 is 0 Å². The fraction of sp³-hybridized carbons (Fsp3) is 0.533. The topological polar surface area (TPSA) is 38.0 Å². The number of nitrogens with two attached hydrogens (primary N) is 1. The third-order valence-corrected chi connectivity index (χ3v) is 4.85. The summed E-state index contributed by atoms with van der Waals surface area (Å²) in [4.78, 5) is 0.478. The molecule has 1 aromatic rings. The van der Waals surface area contributed by atoms with E-state index >= 15 is 0 Å². The van der Waals surface area contributed by atoms with Gasteiger partial charge in [-0.15, -0.1) is 0 Å². The molecule has 96 valence electrons. The second-order valence-corrected chi connectivity index (χ2v) is 6.17. The fourth-order valence-electron chi connectivity index (χ4n) is 3.72. The van der Waals surface area contributed by atoms with E-state index in [2.05, 4.69) is 11.4 Å². The molecule has 3 rings (SSSR count). The van der Waals surface area contributed by atoms with Crippen LogP contribution < -0.4 is 11.1 Å². The summed E-state index contributed by atoms with van der Waals surface area (Å²) in [7, 11) is 0. The number of rotatable bonds is 4. The number of thiocarbonyl (C=S) groups is 1. The Balaban J connectivity index is 1.65. The molecule has 2 saturated carbocycles. The van der Waals surface area contributed by atoms with Gasteiger partial charge in [0.15, 0.2) is 0 Å².